The minimum Gasteiger partial charge on any atom is -0.377 e. The van der Waals surface area contributed by atoms with Gasteiger partial charge in [0.25, 0.3) is 0 Å². The summed E-state index contributed by atoms with van der Waals surface area (Å²) in [4.78, 5) is 7.22. The largest absolute Gasteiger partial charge is 0.377 e. The van der Waals surface area contributed by atoms with E-state index in [0.717, 1.165) is 30.8 Å². The number of hydrogen-bond acceptors (Lipinski definition) is 4. The summed E-state index contributed by atoms with van der Waals surface area (Å²) in [5.74, 6) is 0.899. The minimum atomic E-state index is -0.509. The number of benzene rings is 1. The highest BCUT2D eigenvalue weighted by molar-refractivity contribution is 6.07. The Bertz CT molecular complexity index is 805. The zero-order valence-electron chi connectivity index (χ0n) is 13.9. The zero-order valence-corrected chi connectivity index (χ0v) is 13.9. The third-order valence-corrected chi connectivity index (χ3v) is 7.86. The maximum absolute atomic E-state index is 11.4. The highest BCUT2D eigenvalue weighted by Gasteiger charge is 2.77. The molecular weight excluding hydrogens is 300 g/mol. The van der Waals surface area contributed by atoms with Crippen molar-refractivity contribution in [2.45, 2.75) is 36.6 Å². The molecule has 5 bridgehead atoms. The lowest BCUT2D eigenvalue weighted by Gasteiger charge is -2.73. The van der Waals surface area contributed by atoms with Crippen LogP contribution >= 0.6 is 0 Å². The van der Waals surface area contributed by atoms with Crippen LogP contribution in [0.25, 0.3) is 0 Å². The van der Waals surface area contributed by atoms with Gasteiger partial charge in [-0.1, -0.05) is 24.3 Å². The SMILES string of the molecule is C=CC12[C@@H]3CC4OC[C@@H]3C(C[C@]13C4=Nc1ccccc13)N(C)[C@@H]2O. The van der Waals surface area contributed by atoms with Gasteiger partial charge < -0.3 is 9.84 Å². The Balaban J connectivity index is 1.73. The van der Waals surface area contributed by atoms with Gasteiger partial charge in [0.05, 0.1) is 29.5 Å². The molecule has 7 rings (SSSR count). The quantitative estimate of drug-likeness (QED) is 0.807. The van der Waals surface area contributed by atoms with Gasteiger partial charge >= 0.3 is 0 Å². The summed E-state index contributed by atoms with van der Waals surface area (Å²) < 4.78 is 6.27. The van der Waals surface area contributed by atoms with Crippen LogP contribution in [0.1, 0.15) is 18.4 Å². The number of ether oxygens (including phenoxy) is 1. The first-order valence-electron chi connectivity index (χ1n) is 8.99. The molecule has 1 N–H and O–H groups in total. The number of piperidine rings is 2. The maximum Gasteiger partial charge on any atom is 0.118 e. The van der Waals surface area contributed by atoms with Crippen LogP contribution in [0.4, 0.5) is 5.69 Å². The van der Waals surface area contributed by atoms with E-state index in [1.165, 1.54) is 5.56 Å². The van der Waals surface area contributed by atoms with Gasteiger partial charge in [0.1, 0.15) is 6.23 Å². The molecule has 5 fully saturated rings. The van der Waals surface area contributed by atoms with E-state index in [2.05, 4.69) is 48.9 Å². The van der Waals surface area contributed by atoms with Crippen molar-refractivity contribution >= 4 is 11.4 Å². The third-order valence-electron chi connectivity index (χ3n) is 7.86. The van der Waals surface area contributed by atoms with Crippen LogP contribution in [0.2, 0.25) is 0 Å². The van der Waals surface area contributed by atoms with Crippen molar-refractivity contribution < 1.29 is 9.84 Å². The topological polar surface area (TPSA) is 45.1 Å². The fourth-order valence-corrected chi connectivity index (χ4v) is 7.01. The lowest BCUT2D eigenvalue weighted by atomic mass is 9.37. The van der Waals surface area contributed by atoms with E-state index >= 15 is 0 Å². The fraction of sp³-hybridized carbons (Fsp3) is 0.550. The van der Waals surface area contributed by atoms with Crippen molar-refractivity contribution in [1.29, 1.82) is 0 Å². The molecule has 1 aromatic rings. The average molecular weight is 322 g/mol. The molecule has 1 spiro atoms. The van der Waals surface area contributed by atoms with E-state index in [0.29, 0.717) is 17.9 Å². The average Bonchev–Trinajstić information content (AvgIpc) is 2.93. The molecule has 2 aliphatic carbocycles. The Hall–Kier alpha value is -1.49. The molecule has 24 heavy (non-hydrogen) atoms. The van der Waals surface area contributed by atoms with Gasteiger partial charge in [0.2, 0.25) is 0 Å². The summed E-state index contributed by atoms with van der Waals surface area (Å²) in [6.07, 6.45) is 3.64. The zero-order chi connectivity index (χ0) is 16.3. The van der Waals surface area contributed by atoms with Crippen molar-refractivity contribution in [3.63, 3.8) is 0 Å². The molecule has 0 aromatic heterocycles. The molecule has 124 valence electrons. The van der Waals surface area contributed by atoms with E-state index in [4.69, 9.17) is 9.73 Å². The van der Waals surface area contributed by atoms with Crippen LogP contribution in [0, 0.1) is 17.3 Å². The van der Waals surface area contributed by atoms with Crippen molar-refractivity contribution in [2.24, 2.45) is 22.2 Å². The predicted octanol–water partition coefficient (Wildman–Crippen LogP) is 2.25. The van der Waals surface area contributed by atoms with Gasteiger partial charge in [-0.3, -0.25) is 9.89 Å². The third kappa shape index (κ3) is 1.12. The van der Waals surface area contributed by atoms with Crippen LogP contribution in [0.5, 0.6) is 0 Å². The van der Waals surface area contributed by atoms with Gasteiger partial charge in [-0.15, -0.1) is 6.58 Å². The summed E-state index contributed by atoms with van der Waals surface area (Å²) in [7, 11) is 2.06. The van der Waals surface area contributed by atoms with Crippen LogP contribution < -0.4 is 0 Å². The highest BCUT2D eigenvalue weighted by Crippen LogP contribution is 2.72. The Morgan fingerprint density at radius 3 is 3.08 bits per heavy atom. The van der Waals surface area contributed by atoms with Crippen molar-refractivity contribution in [2.75, 3.05) is 13.7 Å². The number of aliphatic hydroxyl groups excluding tert-OH is 1. The predicted molar refractivity (Wildman–Crippen MR) is 91.4 cm³/mol. The van der Waals surface area contributed by atoms with Crippen molar-refractivity contribution in [3.05, 3.63) is 42.5 Å². The van der Waals surface area contributed by atoms with Gasteiger partial charge in [-0.05, 0) is 37.4 Å². The van der Waals surface area contributed by atoms with E-state index < -0.39 is 6.23 Å². The Labute approximate surface area is 141 Å². The molecule has 3 unspecified atom stereocenters. The number of aliphatic hydroxyl groups is 1. The fourth-order valence-electron chi connectivity index (χ4n) is 7.01. The standard InChI is InChI=1S/C20H22N2O2/c1-3-19-13-8-16-17-20(19,12-6-4-5-7-14(12)21-17)9-15(11(13)10-24-16)22(2)18(19)23/h3-7,11,13,15-16,18,23H,1,8-10H2,2H3/t11-,13+,15?,16?,18+,19?,20-/m0/s1. The number of rotatable bonds is 1. The normalized spacial score (nSPS) is 50.4. The molecule has 4 heterocycles. The Morgan fingerprint density at radius 1 is 1.42 bits per heavy atom. The van der Waals surface area contributed by atoms with E-state index in [1.54, 1.807) is 0 Å². The lowest BCUT2D eigenvalue weighted by Crippen LogP contribution is -2.81. The van der Waals surface area contributed by atoms with E-state index in [1.807, 2.05) is 0 Å². The van der Waals surface area contributed by atoms with E-state index in [-0.39, 0.29) is 16.9 Å². The number of nitrogens with zero attached hydrogens (tertiary/aromatic N) is 2. The first-order chi connectivity index (χ1) is 11.6. The second-order valence-corrected chi connectivity index (χ2v) is 8.20. The van der Waals surface area contributed by atoms with Crippen molar-refractivity contribution in [1.82, 2.24) is 4.90 Å². The van der Waals surface area contributed by atoms with Gasteiger partial charge in [-0.2, -0.15) is 0 Å². The van der Waals surface area contributed by atoms with E-state index in [9.17, 15) is 5.11 Å². The molecule has 3 saturated heterocycles. The molecule has 7 atom stereocenters. The summed E-state index contributed by atoms with van der Waals surface area (Å²) in [6, 6.07) is 8.80. The number of para-hydroxylation sites is 1. The monoisotopic (exact) mass is 322 g/mol. The van der Waals surface area contributed by atoms with Crippen LogP contribution in [-0.2, 0) is 10.2 Å². The summed E-state index contributed by atoms with van der Waals surface area (Å²) in [6.45, 7) is 5.02. The number of hydrogen-bond donors (Lipinski definition) is 1. The van der Waals surface area contributed by atoms with Crippen molar-refractivity contribution in [3.8, 4) is 0 Å². The van der Waals surface area contributed by atoms with Crippen LogP contribution in [0.3, 0.4) is 0 Å². The van der Waals surface area contributed by atoms with Crippen LogP contribution in [0.15, 0.2) is 41.9 Å². The first kappa shape index (κ1) is 13.8. The van der Waals surface area contributed by atoms with Gasteiger partial charge in [0.15, 0.2) is 0 Å². The number of fused-ring (bicyclic) bond motifs is 4. The summed E-state index contributed by atoms with van der Waals surface area (Å²) in [5, 5.41) is 11.4. The number of aliphatic imine (C=N–C) groups is 1. The smallest absolute Gasteiger partial charge is 0.118 e. The van der Waals surface area contributed by atoms with Crippen LogP contribution in [-0.4, -0.2) is 47.7 Å². The second kappa shape index (κ2) is 4.01. The van der Waals surface area contributed by atoms with Gasteiger partial charge in [-0.25, -0.2) is 0 Å². The first-order valence-corrected chi connectivity index (χ1v) is 8.99. The highest BCUT2D eigenvalue weighted by atomic mass is 16.5. The molecule has 4 nitrogen and oxygen atoms in total. The van der Waals surface area contributed by atoms with Gasteiger partial charge in [0, 0.05) is 17.4 Å². The maximum atomic E-state index is 11.4. The Morgan fingerprint density at radius 2 is 2.25 bits per heavy atom. The second-order valence-electron chi connectivity index (χ2n) is 8.20. The Kier molecular flexibility index (Phi) is 2.30. The molecule has 6 aliphatic rings. The molecule has 0 amide bonds. The molecule has 2 saturated carbocycles. The minimum absolute atomic E-state index is 0.100. The molecule has 4 heteroatoms. The molecule has 1 aromatic carbocycles. The molecule has 0 radical (unpaired) electrons. The molecular formula is C20H22N2O2. The lowest BCUT2D eigenvalue weighted by molar-refractivity contribution is -0.266. The molecule has 4 aliphatic heterocycles. The summed E-state index contributed by atoms with van der Waals surface area (Å²) >= 11 is 0. The summed E-state index contributed by atoms with van der Waals surface area (Å²) in [5.41, 5.74) is 2.87.